The molecule has 0 atom stereocenters. The van der Waals surface area contributed by atoms with E-state index in [1.807, 2.05) is 58.0 Å². The third-order valence-corrected chi connectivity index (χ3v) is 4.59. The molecule has 0 N–H and O–H groups in total. The molecule has 0 spiro atoms. The molecule has 28 heavy (non-hydrogen) atoms. The van der Waals surface area contributed by atoms with Gasteiger partial charge in [0.05, 0.1) is 10.9 Å². The first-order valence-corrected chi connectivity index (χ1v) is 9.43. The number of fused-ring (bicyclic) bond motifs is 1. The summed E-state index contributed by atoms with van der Waals surface area (Å²) in [6.45, 7) is 7.85. The van der Waals surface area contributed by atoms with Gasteiger partial charge in [-0.3, -0.25) is 9.59 Å². The van der Waals surface area contributed by atoms with Gasteiger partial charge in [0, 0.05) is 18.2 Å². The Hall–Kier alpha value is -3.08. The Balaban J connectivity index is 1.82. The number of rotatable bonds is 6. The molecule has 0 unspecified atom stereocenters. The minimum Gasteiger partial charge on any atom is -0.484 e. The molecule has 0 aliphatic carbocycles. The average Bonchev–Trinajstić information content (AvgIpc) is 2.66. The van der Waals surface area contributed by atoms with Gasteiger partial charge >= 0.3 is 0 Å². The molecular formula is C23H25NO4. The highest BCUT2D eigenvalue weighted by molar-refractivity contribution is 5.83. The van der Waals surface area contributed by atoms with Crippen LogP contribution in [0, 0.1) is 0 Å². The lowest BCUT2D eigenvalue weighted by Crippen LogP contribution is -2.44. The number of ether oxygens (including phenoxy) is 1. The molecule has 3 aromatic rings. The number of carbonyl (C=O) groups excluding carboxylic acids is 1. The molecule has 0 saturated carbocycles. The summed E-state index contributed by atoms with van der Waals surface area (Å²) in [6, 6.07) is 14.6. The third-order valence-electron chi connectivity index (χ3n) is 4.59. The molecule has 5 nitrogen and oxygen atoms in total. The topological polar surface area (TPSA) is 59.8 Å². The predicted octanol–water partition coefficient (Wildman–Crippen LogP) is 4.48. The van der Waals surface area contributed by atoms with Crippen LogP contribution in [0.3, 0.4) is 0 Å². The highest BCUT2D eigenvalue weighted by Gasteiger charge is 2.20. The zero-order valence-electron chi connectivity index (χ0n) is 16.6. The van der Waals surface area contributed by atoms with Gasteiger partial charge in [-0.1, -0.05) is 30.3 Å². The minimum absolute atomic E-state index is 0.0613. The Labute approximate surface area is 164 Å². The van der Waals surface area contributed by atoms with Crippen LogP contribution in [0.25, 0.3) is 22.1 Å². The summed E-state index contributed by atoms with van der Waals surface area (Å²) in [7, 11) is 0. The van der Waals surface area contributed by atoms with Gasteiger partial charge in [-0.05, 0) is 45.4 Å². The summed E-state index contributed by atoms with van der Waals surface area (Å²) in [6.07, 6.45) is 1.47. The van der Waals surface area contributed by atoms with Crippen molar-refractivity contribution in [2.75, 3.05) is 6.61 Å². The first kappa shape index (κ1) is 19.7. The first-order chi connectivity index (χ1) is 13.4. The molecule has 146 valence electrons. The number of carbonyl (C=O) groups is 1. The summed E-state index contributed by atoms with van der Waals surface area (Å²) in [4.78, 5) is 27.0. The van der Waals surface area contributed by atoms with E-state index < -0.39 is 0 Å². The second-order valence-electron chi connectivity index (χ2n) is 7.28. The van der Waals surface area contributed by atoms with Crippen molar-refractivity contribution in [2.45, 2.75) is 39.8 Å². The van der Waals surface area contributed by atoms with E-state index >= 15 is 0 Å². The molecule has 1 amide bonds. The second-order valence-corrected chi connectivity index (χ2v) is 7.28. The van der Waals surface area contributed by atoms with Crippen molar-refractivity contribution >= 4 is 16.9 Å². The fourth-order valence-electron chi connectivity index (χ4n) is 3.41. The Morgan fingerprint density at radius 2 is 1.71 bits per heavy atom. The Bertz CT molecular complexity index is 1010. The highest BCUT2D eigenvalue weighted by Crippen LogP contribution is 2.23. The molecule has 0 fully saturated rings. The lowest BCUT2D eigenvalue weighted by Gasteiger charge is -2.30. The quantitative estimate of drug-likeness (QED) is 0.633. The first-order valence-electron chi connectivity index (χ1n) is 9.43. The normalized spacial score (nSPS) is 11.2. The SMILES string of the molecule is CC(C)N(C(=O)COc1ccc2c(=O)c(-c3ccccc3)coc2c1)C(C)C. The summed E-state index contributed by atoms with van der Waals surface area (Å²) in [5.74, 6) is 0.412. The van der Waals surface area contributed by atoms with E-state index in [0.717, 1.165) is 5.56 Å². The molecule has 0 radical (unpaired) electrons. The van der Waals surface area contributed by atoms with Crippen molar-refractivity contribution in [3.63, 3.8) is 0 Å². The number of amides is 1. The molecule has 1 heterocycles. The van der Waals surface area contributed by atoms with Crippen LogP contribution in [-0.2, 0) is 4.79 Å². The molecule has 0 aliphatic heterocycles. The molecule has 1 aromatic heterocycles. The van der Waals surface area contributed by atoms with Gasteiger partial charge in [0.2, 0.25) is 0 Å². The summed E-state index contributed by atoms with van der Waals surface area (Å²) < 4.78 is 11.3. The lowest BCUT2D eigenvalue weighted by molar-refractivity contribution is -0.136. The fourth-order valence-corrected chi connectivity index (χ4v) is 3.41. The zero-order chi connectivity index (χ0) is 20.3. The molecule has 2 aromatic carbocycles. The highest BCUT2D eigenvalue weighted by atomic mass is 16.5. The second kappa shape index (κ2) is 8.30. The Morgan fingerprint density at radius 1 is 1.04 bits per heavy atom. The minimum atomic E-state index is -0.0964. The van der Waals surface area contributed by atoms with Crippen LogP contribution in [0.1, 0.15) is 27.7 Å². The van der Waals surface area contributed by atoms with Crippen molar-refractivity contribution in [3.05, 3.63) is 65.0 Å². The van der Waals surface area contributed by atoms with Gasteiger partial charge in [0.1, 0.15) is 17.6 Å². The number of benzene rings is 2. The molecule has 0 bridgehead atoms. The standard InChI is InChI=1S/C23H25NO4/c1-15(2)24(16(3)4)22(25)14-27-18-10-11-19-21(12-18)28-13-20(23(19)26)17-8-6-5-7-9-17/h5-13,15-16H,14H2,1-4H3. The molecule has 0 saturated heterocycles. The van der Waals surface area contributed by atoms with Crippen LogP contribution in [0.4, 0.5) is 0 Å². The largest absolute Gasteiger partial charge is 0.484 e. The van der Waals surface area contributed by atoms with Crippen molar-refractivity contribution in [1.29, 1.82) is 0 Å². The van der Waals surface area contributed by atoms with Gasteiger partial charge in [-0.2, -0.15) is 0 Å². The number of hydrogen-bond acceptors (Lipinski definition) is 4. The van der Waals surface area contributed by atoms with Gasteiger partial charge in [-0.15, -0.1) is 0 Å². The van der Waals surface area contributed by atoms with Crippen molar-refractivity contribution in [3.8, 4) is 16.9 Å². The van der Waals surface area contributed by atoms with Crippen LogP contribution in [-0.4, -0.2) is 29.5 Å². The van der Waals surface area contributed by atoms with Crippen LogP contribution in [0.5, 0.6) is 5.75 Å². The fraction of sp³-hybridized carbons (Fsp3) is 0.304. The van der Waals surface area contributed by atoms with E-state index in [4.69, 9.17) is 9.15 Å². The van der Waals surface area contributed by atoms with E-state index in [0.29, 0.717) is 22.3 Å². The van der Waals surface area contributed by atoms with Crippen molar-refractivity contribution in [2.24, 2.45) is 0 Å². The van der Waals surface area contributed by atoms with Gasteiger partial charge in [-0.25, -0.2) is 0 Å². The Kier molecular flexibility index (Phi) is 5.83. The van der Waals surface area contributed by atoms with Crippen molar-refractivity contribution < 1.29 is 13.9 Å². The van der Waals surface area contributed by atoms with Gasteiger partial charge in [0.15, 0.2) is 12.0 Å². The molecular weight excluding hydrogens is 354 g/mol. The van der Waals surface area contributed by atoms with E-state index in [1.54, 1.807) is 23.1 Å². The van der Waals surface area contributed by atoms with Crippen LogP contribution >= 0.6 is 0 Å². The maximum Gasteiger partial charge on any atom is 0.260 e. The summed E-state index contributed by atoms with van der Waals surface area (Å²) in [5, 5.41) is 0.478. The maximum atomic E-state index is 12.8. The van der Waals surface area contributed by atoms with E-state index in [2.05, 4.69) is 0 Å². The predicted molar refractivity (Wildman–Crippen MR) is 111 cm³/mol. The van der Waals surface area contributed by atoms with Crippen LogP contribution in [0.15, 0.2) is 64.0 Å². The molecule has 0 aliphatic rings. The van der Waals surface area contributed by atoms with Gasteiger partial charge in [0.25, 0.3) is 5.91 Å². The van der Waals surface area contributed by atoms with E-state index in [9.17, 15) is 9.59 Å². The van der Waals surface area contributed by atoms with Crippen LogP contribution in [0.2, 0.25) is 0 Å². The van der Waals surface area contributed by atoms with E-state index in [-0.39, 0.29) is 30.0 Å². The molecule has 5 heteroatoms. The lowest BCUT2D eigenvalue weighted by atomic mass is 10.1. The summed E-state index contributed by atoms with van der Waals surface area (Å²) in [5.41, 5.74) is 1.66. The summed E-state index contributed by atoms with van der Waals surface area (Å²) >= 11 is 0. The van der Waals surface area contributed by atoms with Crippen molar-refractivity contribution in [1.82, 2.24) is 4.90 Å². The number of nitrogens with zero attached hydrogens (tertiary/aromatic N) is 1. The molecule has 3 rings (SSSR count). The van der Waals surface area contributed by atoms with Crippen LogP contribution < -0.4 is 10.2 Å². The smallest absolute Gasteiger partial charge is 0.260 e. The van der Waals surface area contributed by atoms with Gasteiger partial charge < -0.3 is 14.1 Å². The average molecular weight is 379 g/mol. The third kappa shape index (κ3) is 4.09. The Morgan fingerprint density at radius 3 is 2.36 bits per heavy atom. The number of hydrogen-bond donors (Lipinski definition) is 0. The maximum absolute atomic E-state index is 12.8. The monoisotopic (exact) mass is 379 g/mol. The zero-order valence-corrected chi connectivity index (χ0v) is 16.6. The van der Waals surface area contributed by atoms with E-state index in [1.165, 1.54) is 6.26 Å².